The van der Waals surface area contributed by atoms with E-state index in [4.69, 9.17) is 4.74 Å². The van der Waals surface area contributed by atoms with Crippen LogP contribution in [-0.4, -0.2) is 20.2 Å². The molecule has 0 aliphatic heterocycles. The first-order valence-electron chi connectivity index (χ1n) is 7.00. The van der Waals surface area contributed by atoms with Gasteiger partial charge in [-0.1, -0.05) is 38.1 Å². The Morgan fingerprint density at radius 1 is 1.17 bits per heavy atom. The lowest BCUT2D eigenvalue weighted by Crippen LogP contribution is -2.20. The molecule has 1 aromatic rings. The molecule has 0 aromatic heterocycles. The van der Waals surface area contributed by atoms with Crippen LogP contribution in [-0.2, 0) is 17.8 Å². The Labute approximate surface area is 112 Å². The van der Waals surface area contributed by atoms with Crippen LogP contribution in [0.2, 0.25) is 0 Å². The summed E-state index contributed by atoms with van der Waals surface area (Å²) in [7, 11) is 1.74. The van der Waals surface area contributed by atoms with E-state index < -0.39 is 0 Å². The van der Waals surface area contributed by atoms with E-state index in [0.717, 1.165) is 19.0 Å². The van der Waals surface area contributed by atoms with Crippen molar-refractivity contribution in [1.29, 1.82) is 0 Å². The number of hydrogen-bond acceptors (Lipinski definition) is 2. The van der Waals surface area contributed by atoms with Crippen molar-refractivity contribution in [2.24, 2.45) is 5.92 Å². The van der Waals surface area contributed by atoms with Gasteiger partial charge in [-0.05, 0) is 49.4 Å². The van der Waals surface area contributed by atoms with Crippen LogP contribution in [0.4, 0.5) is 0 Å². The average molecular weight is 249 g/mol. The van der Waals surface area contributed by atoms with Gasteiger partial charge in [0.1, 0.15) is 0 Å². The molecule has 0 heterocycles. The Kier molecular flexibility index (Phi) is 7.70. The minimum absolute atomic E-state index is 0.712. The maximum Gasteiger partial charge on any atom is 0.0713 e. The van der Waals surface area contributed by atoms with E-state index in [9.17, 15) is 0 Å². The lowest BCUT2D eigenvalue weighted by molar-refractivity contribution is 0.185. The van der Waals surface area contributed by atoms with E-state index in [2.05, 4.69) is 43.4 Å². The largest absolute Gasteiger partial charge is 0.380 e. The second-order valence-electron chi connectivity index (χ2n) is 5.31. The van der Waals surface area contributed by atoms with Gasteiger partial charge in [-0.15, -0.1) is 0 Å². The third-order valence-corrected chi connectivity index (χ3v) is 2.92. The van der Waals surface area contributed by atoms with Crippen molar-refractivity contribution in [3.05, 3.63) is 35.4 Å². The van der Waals surface area contributed by atoms with Gasteiger partial charge < -0.3 is 10.1 Å². The fraction of sp³-hybridized carbons (Fsp3) is 0.625. The zero-order valence-corrected chi connectivity index (χ0v) is 12.0. The summed E-state index contributed by atoms with van der Waals surface area (Å²) in [4.78, 5) is 0. The van der Waals surface area contributed by atoms with Crippen LogP contribution in [0.25, 0.3) is 0 Å². The molecule has 0 saturated carbocycles. The minimum Gasteiger partial charge on any atom is -0.380 e. The van der Waals surface area contributed by atoms with E-state index >= 15 is 0 Å². The van der Waals surface area contributed by atoms with Crippen molar-refractivity contribution < 1.29 is 4.74 Å². The molecular formula is C16H27NO. The molecule has 0 aliphatic rings. The van der Waals surface area contributed by atoms with Gasteiger partial charge in [0.25, 0.3) is 0 Å². The van der Waals surface area contributed by atoms with Crippen LogP contribution >= 0.6 is 0 Å². The van der Waals surface area contributed by atoms with Crippen molar-refractivity contribution in [3.63, 3.8) is 0 Å². The highest BCUT2D eigenvalue weighted by Gasteiger charge is 1.97. The van der Waals surface area contributed by atoms with Gasteiger partial charge in [0.2, 0.25) is 0 Å². The normalized spacial score (nSPS) is 11.1. The number of nitrogens with one attached hydrogen (secondary N) is 1. The summed E-state index contributed by atoms with van der Waals surface area (Å²) in [6, 6.07) is 8.71. The fourth-order valence-corrected chi connectivity index (χ4v) is 2.01. The predicted molar refractivity (Wildman–Crippen MR) is 77.8 cm³/mol. The van der Waals surface area contributed by atoms with E-state index in [1.54, 1.807) is 7.11 Å². The Morgan fingerprint density at radius 2 is 1.94 bits per heavy atom. The molecule has 0 spiro atoms. The standard InChI is InChI=1S/C16H27NO/c1-14(2)12-17-10-5-4-7-15-8-6-9-16(11-15)13-18-3/h6,8-9,11,14,17H,4-5,7,10,12-13H2,1-3H3. The van der Waals surface area contributed by atoms with Gasteiger partial charge in [-0.3, -0.25) is 0 Å². The van der Waals surface area contributed by atoms with Crippen molar-refractivity contribution in [1.82, 2.24) is 5.32 Å². The monoisotopic (exact) mass is 249 g/mol. The highest BCUT2D eigenvalue weighted by atomic mass is 16.5. The molecule has 2 heteroatoms. The molecule has 0 amide bonds. The van der Waals surface area contributed by atoms with Crippen molar-refractivity contribution in [3.8, 4) is 0 Å². The van der Waals surface area contributed by atoms with Gasteiger partial charge in [-0.25, -0.2) is 0 Å². The molecular weight excluding hydrogens is 222 g/mol. The number of hydrogen-bond donors (Lipinski definition) is 1. The summed E-state index contributed by atoms with van der Waals surface area (Å²) < 4.78 is 5.15. The quantitative estimate of drug-likeness (QED) is 0.677. The molecule has 102 valence electrons. The molecule has 1 N–H and O–H groups in total. The SMILES string of the molecule is COCc1cccc(CCCCNCC(C)C)c1. The number of rotatable bonds is 9. The maximum absolute atomic E-state index is 5.15. The highest BCUT2D eigenvalue weighted by molar-refractivity contribution is 5.23. The second-order valence-corrected chi connectivity index (χ2v) is 5.31. The lowest BCUT2D eigenvalue weighted by atomic mass is 10.1. The third kappa shape index (κ3) is 6.77. The van der Waals surface area contributed by atoms with Crippen molar-refractivity contribution >= 4 is 0 Å². The van der Waals surface area contributed by atoms with Gasteiger partial charge in [0.05, 0.1) is 6.61 Å². The van der Waals surface area contributed by atoms with Gasteiger partial charge in [-0.2, -0.15) is 0 Å². The molecule has 0 atom stereocenters. The molecule has 1 rings (SSSR count). The third-order valence-electron chi connectivity index (χ3n) is 2.92. The summed E-state index contributed by atoms with van der Waals surface area (Å²) in [5, 5.41) is 3.48. The van der Waals surface area contributed by atoms with Crippen molar-refractivity contribution in [2.75, 3.05) is 20.2 Å². The minimum atomic E-state index is 0.712. The Morgan fingerprint density at radius 3 is 2.67 bits per heavy atom. The van der Waals surface area contributed by atoms with Crippen molar-refractivity contribution in [2.45, 2.75) is 39.7 Å². The van der Waals surface area contributed by atoms with E-state index in [-0.39, 0.29) is 0 Å². The Bertz CT molecular complexity index is 323. The molecule has 0 bridgehead atoms. The molecule has 1 aromatic carbocycles. The first-order chi connectivity index (χ1) is 8.72. The number of methoxy groups -OCH3 is 1. The smallest absolute Gasteiger partial charge is 0.0713 e. The molecule has 0 unspecified atom stereocenters. The number of aryl methyl sites for hydroxylation is 1. The average Bonchev–Trinajstić information content (AvgIpc) is 2.34. The summed E-state index contributed by atoms with van der Waals surface area (Å²) in [5.74, 6) is 0.746. The highest BCUT2D eigenvalue weighted by Crippen LogP contribution is 2.09. The molecule has 0 saturated heterocycles. The van der Waals surface area contributed by atoms with Crippen LogP contribution < -0.4 is 5.32 Å². The maximum atomic E-state index is 5.15. The Balaban J connectivity index is 2.16. The first kappa shape index (κ1) is 15.2. The first-order valence-corrected chi connectivity index (χ1v) is 7.00. The zero-order chi connectivity index (χ0) is 13.2. The van der Waals surface area contributed by atoms with Gasteiger partial charge in [0.15, 0.2) is 0 Å². The van der Waals surface area contributed by atoms with E-state index in [0.29, 0.717) is 6.61 Å². The van der Waals surface area contributed by atoms with E-state index in [1.807, 2.05) is 0 Å². The number of unbranched alkanes of at least 4 members (excludes halogenated alkanes) is 1. The molecule has 0 fully saturated rings. The molecule has 2 nitrogen and oxygen atoms in total. The number of benzene rings is 1. The molecule has 0 radical (unpaired) electrons. The Hall–Kier alpha value is -0.860. The van der Waals surface area contributed by atoms with Crippen LogP contribution in [0.3, 0.4) is 0 Å². The van der Waals surface area contributed by atoms with Crippen LogP contribution in [0, 0.1) is 5.92 Å². The molecule has 0 aliphatic carbocycles. The zero-order valence-electron chi connectivity index (χ0n) is 12.0. The van der Waals surface area contributed by atoms with Gasteiger partial charge in [0, 0.05) is 7.11 Å². The van der Waals surface area contributed by atoms with Crippen LogP contribution in [0.1, 0.15) is 37.8 Å². The summed E-state index contributed by atoms with van der Waals surface area (Å²) in [6.45, 7) is 7.46. The fourth-order valence-electron chi connectivity index (χ4n) is 2.01. The van der Waals surface area contributed by atoms with Crippen LogP contribution in [0.5, 0.6) is 0 Å². The second kappa shape index (κ2) is 9.12. The number of ether oxygens (including phenoxy) is 1. The van der Waals surface area contributed by atoms with Gasteiger partial charge >= 0.3 is 0 Å². The molecule has 18 heavy (non-hydrogen) atoms. The summed E-state index contributed by atoms with van der Waals surface area (Å²) >= 11 is 0. The summed E-state index contributed by atoms with van der Waals surface area (Å²) in [5.41, 5.74) is 2.70. The lowest BCUT2D eigenvalue weighted by Gasteiger charge is -2.07. The topological polar surface area (TPSA) is 21.3 Å². The van der Waals surface area contributed by atoms with E-state index in [1.165, 1.54) is 30.4 Å². The predicted octanol–water partition coefficient (Wildman–Crippen LogP) is 3.40. The van der Waals surface area contributed by atoms with Crippen LogP contribution in [0.15, 0.2) is 24.3 Å². The summed E-state index contributed by atoms with van der Waals surface area (Å²) in [6.07, 6.45) is 3.67.